The number of amides is 1. The van der Waals surface area contributed by atoms with Crippen LogP contribution in [0.15, 0.2) is 72.8 Å². The Bertz CT molecular complexity index is 1020. The number of hydrogen-bond donors (Lipinski definition) is 2. The van der Waals surface area contributed by atoms with Crippen LogP contribution < -0.4 is 10.1 Å². The number of benzene rings is 3. The Morgan fingerprint density at radius 3 is 2.21 bits per heavy atom. The average molecular weight is 387 g/mol. The van der Waals surface area contributed by atoms with E-state index in [1.807, 2.05) is 42.5 Å². The number of carbonyl (C=O) groups is 1. The highest BCUT2D eigenvalue weighted by Gasteiger charge is 2.32. The number of ether oxygens (including phenoxy) is 2. The van der Waals surface area contributed by atoms with Gasteiger partial charge in [-0.1, -0.05) is 66.7 Å². The molecule has 2 atom stereocenters. The zero-order chi connectivity index (χ0) is 19.8. The molecule has 3 aromatic rings. The SMILES string of the molecule is O=C(N[C@H]1COc2ccccc2[C@@H]1O)OCC1c2ccccc2-c2ccccc21. The minimum absolute atomic E-state index is 0.00130. The van der Waals surface area contributed by atoms with Gasteiger partial charge >= 0.3 is 6.09 Å². The van der Waals surface area contributed by atoms with Crippen LogP contribution in [0.25, 0.3) is 11.1 Å². The molecule has 2 N–H and O–H groups in total. The molecule has 0 spiro atoms. The van der Waals surface area contributed by atoms with Gasteiger partial charge in [0.05, 0.1) is 6.04 Å². The van der Waals surface area contributed by atoms with Crippen molar-refractivity contribution < 1.29 is 19.4 Å². The fourth-order valence-corrected chi connectivity index (χ4v) is 4.26. The summed E-state index contributed by atoms with van der Waals surface area (Å²) in [6, 6.07) is 23.1. The quantitative estimate of drug-likeness (QED) is 0.712. The highest BCUT2D eigenvalue weighted by molar-refractivity contribution is 5.79. The minimum atomic E-state index is -0.833. The predicted molar refractivity (Wildman–Crippen MR) is 109 cm³/mol. The first kappa shape index (κ1) is 17.8. The van der Waals surface area contributed by atoms with Gasteiger partial charge in [-0.2, -0.15) is 0 Å². The number of hydrogen-bond acceptors (Lipinski definition) is 4. The second kappa shape index (κ2) is 7.26. The molecule has 1 aliphatic heterocycles. The Labute approximate surface area is 168 Å². The Hall–Kier alpha value is -3.31. The van der Waals surface area contributed by atoms with E-state index < -0.39 is 18.2 Å². The van der Waals surface area contributed by atoms with Crippen molar-refractivity contribution in [2.45, 2.75) is 18.1 Å². The van der Waals surface area contributed by atoms with E-state index in [9.17, 15) is 9.90 Å². The number of para-hydroxylation sites is 1. The molecule has 2 aliphatic rings. The van der Waals surface area contributed by atoms with Crippen LogP contribution in [0.4, 0.5) is 4.79 Å². The van der Waals surface area contributed by atoms with Gasteiger partial charge < -0.3 is 19.9 Å². The van der Waals surface area contributed by atoms with Crippen LogP contribution in [0.5, 0.6) is 5.75 Å². The maximum Gasteiger partial charge on any atom is 0.407 e. The van der Waals surface area contributed by atoms with Crippen molar-refractivity contribution in [2.24, 2.45) is 0 Å². The minimum Gasteiger partial charge on any atom is -0.491 e. The summed E-state index contributed by atoms with van der Waals surface area (Å²) in [7, 11) is 0. The van der Waals surface area contributed by atoms with E-state index in [1.54, 1.807) is 6.07 Å². The van der Waals surface area contributed by atoms with E-state index in [1.165, 1.54) is 11.1 Å². The first-order chi connectivity index (χ1) is 14.2. The Morgan fingerprint density at radius 1 is 0.931 bits per heavy atom. The van der Waals surface area contributed by atoms with Crippen LogP contribution in [0.2, 0.25) is 0 Å². The van der Waals surface area contributed by atoms with Crippen molar-refractivity contribution in [3.05, 3.63) is 89.5 Å². The van der Waals surface area contributed by atoms with Gasteiger partial charge in [-0.3, -0.25) is 0 Å². The number of nitrogens with one attached hydrogen (secondary N) is 1. The number of rotatable bonds is 3. The molecule has 5 nitrogen and oxygen atoms in total. The maximum atomic E-state index is 12.4. The zero-order valence-corrected chi connectivity index (χ0v) is 15.7. The average Bonchev–Trinajstić information content (AvgIpc) is 3.08. The summed E-state index contributed by atoms with van der Waals surface area (Å²) in [5.74, 6) is 0.645. The molecule has 0 saturated carbocycles. The first-order valence-corrected chi connectivity index (χ1v) is 9.73. The summed E-state index contributed by atoms with van der Waals surface area (Å²) in [5.41, 5.74) is 5.37. The smallest absolute Gasteiger partial charge is 0.407 e. The Balaban J connectivity index is 1.27. The summed E-state index contributed by atoms with van der Waals surface area (Å²) < 4.78 is 11.2. The molecule has 0 bridgehead atoms. The van der Waals surface area contributed by atoms with E-state index in [0.717, 1.165) is 11.1 Å². The molecule has 146 valence electrons. The highest BCUT2D eigenvalue weighted by Crippen LogP contribution is 2.44. The van der Waals surface area contributed by atoms with Crippen LogP contribution >= 0.6 is 0 Å². The van der Waals surface area contributed by atoms with Crippen molar-refractivity contribution in [3.8, 4) is 16.9 Å². The van der Waals surface area contributed by atoms with Gasteiger partial charge in [0.15, 0.2) is 0 Å². The molecule has 5 heteroatoms. The van der Waals surface area contributed by atoms with E-state index in [0.29, 0.717) is 11.3 Å². The monoisotopic (exact) mass is 387 g/mol. The van der Waals surface area contributed by atoms with Gasteiger partial charge in [0.2, 0.25) is 0 Å². The van der Waals surface area contributed by atoms with Gasteiger partial charge in [0.1, 0.15) is 25.1 Å². The lowest BCUT2D eigenvalue weighted by Gasteiger charge is -2.30. The summed E-state index contributed by atoms with van der Waals surface area (Å²) in [5, 5.41) is 13.3. The number of carbonyl (C=O) groups excluding carboxylic acids is 1. The van der Waals surface area contributed by atoms with Gasteiger partial charge in [0, 0.05) is 11.5 Å². The second-order valence-corrected chi connectivity index (χ2v) is 7.37. The van der Waals surface area contributed by atoms with Gasteiger partial charge in [-0.25, -0.2) is 4.79 Å². The maximum absolute atomic E-state index is 12.4. The number of fused-ring (bicyclic) bond motifs is 4. The van der Waals surface area contributed by atoms with Gasteiger partial charge in [-0.05, 0) is 28.3 Å². The van der Waals surface area contributed by atoms with Crippen LogP contribution in [0.1, 0.15) is 28.7 Å². The summed E-state index contributed by atoms with van der Waals surface area (Å²) >= 11 is 0. The molecule has 1 aliphatic carbocycles. The van der Waals surface area contributed by atoms with Crippen molar-refractivity contribution in [2.75, 3.05) is 13.2 Å². The summed E-state index contributed by atoms with van der Waals surface area (Å²) in [6.07, 6.45) is -1.39. The van der Waals surface area contributed by atoms with Crippen LogP contribution in [-0.4, -0.2) is 30.5 Å². The molecular weight excluding hydrogens is 366 g/mol. The fraction of sp³-hybridized carbons (Fsp3) is 0.208. The van der Waals surface area contributed by atoms with Gasteiger partial charge in [0.25, 0.3) is 0 Å². The summed E-state index contributed by atoms with van der Waals surface area (Å²) in [6.45, 7) is 0.433. The Kier molecular flexibility index (Phi) is 4.45. The van der Waals surface area contributed by atoms with Crippen molar-refractivity contribution >= 4 is 6.09 Å². The molecule has 0 saturated heterocycles. The molecule has 1 amide bonds. The third-order valence-electron chi connectivity index (χ3n) is 5.68. The van der Waals surface area contributed by atoms with Crippen molar-refractivity contribution in [3.63, 3.8) is 0 Å². The predicted octanol–water partition coefficient (Wildman–Crippen LogP) is 4.02. The van der Waals surface area contributed by atoms with Crippen molar-refractivity contribution in [1.82, 2.24) is 5.32 Å². The molecular formula is C24H21NO4. The van der Waals surface area contributed by atoms with E-state index in [2.05, 4.69) is 29.6 Å². The number of alkyl carbamates (subject to hydrolysis) is 1. The lowest BCUT2D eigenvalue weighted by molar-refractivity contribution is 0.0649. The molecule has 0 unspecified atom stereocenters. The molecule has 0 fully saturated rings. The molecule has 0 radical (unpaired) electrons. The molecule has 29 heavy (non-hydrogen) atoms. The summed E-state index contributed by atoms with van der Waals surface area (Å²) in [4.78, 5) is 12.4. The highest BCUT2D eigenvalue weighted by atomic mass is 16.5. The van der Waals surface area contributed by atoms with Crippen LogP contribution in [-0.2, 0) is 4.74 Å². The number of aliphatic hydroxyl groups excluding tert-OH is 1. The molecule has 1 heterocycles. The molecule has 5 rings (SSSR count). The third-order valence-corrected chi connectivity index (χ3v) is 5.68. The third kappa shape index (κ3) is 3.13. The van der Waals surface area contributed by atoms with E-state index in [4.69, 9.17) is 9.47 Å². The van der Waals surface area contributed by atoms with E-state index in [-0.39, 0.29) is 19.1 Å². The van der Waals surface area contributed by atoms with Crippen molar-refractivity contribution in [1.29, 1.82) is 0 Å². The van der Waals surface area contributed by atoms with Crippen LogP contribution in [0, 0.1) is 0 Å². The lowest BCUT2D eigenvalue weighted by Crippen LogP contribution is -2.46. The normalized spacial score (nSPS) is 19.5. The van der Waals surface area contributed by atoms with Gasteiger partial charge in [-0.15, -0.1) is 0 Å². The zero-order valence-electron chi connectivity index (χ0n) is 15.7. The largest absolute Gasteiger partial charge is 0.491 e. The lowest BCUT2D eigenvalue weighted by atomic mass is 9.98. The standard InChI is InChI=1S/C24H21NO4/c26-23-19-11-5-6-12-22(19)28-14-21(23)25-24(27)29-13-20-17-9-3-1-7-15(17)16-8-2-4-10-18(16)20/h1-12,20-21,23,26H,13-14H2,(H,25,27)/t21-,23-/m0/s1. The van der Waals surface area contributed by atoms with E-state index >= 15 is 0 Å². The topological polar surface area (TPSA) is 67.8 Å². The van der Waals surface area contributed by atoms with Crippen LogP contribution in [0.3, 0.4) is 0 Å². The molecule has 3 aromatic carbocycles. The first-order valence-electron chi connectivity index (χ1n) is 9.73. The number of aliphatic hydroxyl groups is 1. The molecule has 0 aromatic heterocycles. The second-order valence-electron chi connectivity index (χ2n) is 7.37. The fourth-order valence-electron chi connectivity index (χ4n) is 4.26. The Morgan fingerprint density at radius 2 is 1.52 bits per heavy atom.